The van der Waals surface area contributed by atoms with Crippen LogP contribution in [0.15, 0.2) is 40.9 Å². The van der Waals surface area contributed by atoms with Crippen LogP contribution in [-0.2, 0) is 4.79 Å². The van der Waals surface area contributed by atoms with Gasteiger partial charge in [-0.25, -0.2) is 0 Å². The summed E-state index contributed by atoms with van der Waals surface area (Å²) >= 11 is 6.11. The maximum Gasteiger partial charge on any atom is 0.232 e. The van der Waals surface area contributed by atoms with Gasteiger partial charge in [-0.15, -0.1) is 0 Å². The first-order valence-corrected chi connectivity index (χ1v) is 9.39. The molecule has 7 heteroatoms. The predicted molar refractivity (Wildman–Crippen MR) is 107 cm³/mol. The number of amides is 1. The van der Waals surface area contributed by atoms with Gasteiger partial charge in [-0.3, -0.25) is 4.79 Å². The van der Waals surface area contributed by atoms with E-state index in [2.05, 4.69) is 17.1 Å². The Labute approximate surface area is 168 Å². The zero-order valence-corrected chi connectivity index (χ0v) is 16.7. The van der Waals surface area contributed by atoms with Gasteiger partial charge >= 0.3 is 0 Å². The molecule has 28 heavy (non-hydrogen) atoms. The van der Waals surface area contributed by atoms with Gasteiger partial charge in [-0.1, -0.05) is 28.9 Å². The molecule has 1 fully saturated rings. The number of aromatic nitrogens is 2. The minimum atomic E-state index is -0.177. The number of benzene rings is 2. The van der Waals surface area contributed by atoms with Crippen molar-refractivity contribution >= 4 is 23.2 Å². The number of ether oxygens (including phenoxy) is 1. The molecule has 1 atom stereocenters. The van der Waals surface area contributed by atoms with Crippen LogP contribution in [0.1, 0.15) is 29.4 Å². The molecule has 3 aromatic rings. The zero-order chi connectivity index (χ0) is 19.8. The fourth-order valence-electron chi connectivity index (χ4n) is 3.38. The van der Waals surface area contributed by atoms with Gasteiger partial charge in [0, 0.05) is 23.6 Å². The molecule has 0 aliphatic carbocycles. The summed E-state index contributed by atoms with van der Waals surface area (Å²) < 4.78 is 10.9. The molecule has 0 N–H and O–H groups in total. The molecule has 1 saturated heterocycles. The van der Waals surface area contributed by atoms with Crippen LogP contribution in [0, 0.1) is 13.8 Å². The molecule has 1 unspecified atom stereocenters. The van der Waals surface area contributed by atoms with Crippen LogP contribution in [0.3, 0.4) is 0 Å². The van der Waals surface area contributed by atoms with Crippen molar-refractivity contribution in [2.24, 2.45) is 0 Å². The number of methoxy groups -OCH3 is 1. The molecule has 0 saturated carbocycles. The fraction of sp³-hybridized carbons (Fsp3) is 0.286. The smallest absolute Gasteiger partial charge is 0.232 e. The van der Waals surface area contributed by atoms with Gasteiger partial charge in [-0.05, 0) is 49.2 Å². The monoisotopic (exact) mass is 397 g/mol. The first-order valence-electron chi connectivity index (χ1n) is 9.01. The summed E-state index contributed by atoms with van der Waals surface area (Å²) in [7, 11) is 1.57. The topological polar surface area (TPSA) is 68.5 Å². The molecular weight excluding hydrogens is 378 g/mol. The van der Waals surface area contributed by atoms with Gasteiger partial charge < -0.3 is 14.2 Å². The second-order valence-electron chi connectivity index (χ2n) is 6.98. The van der Waals surface area contributed by atoms with E-state index in [1.807, 2.05) is 25.1 Å². The van der Waals surface area contributed by atoms with E-state index >= 15 is 0 Å². The van der Waals surface area contributed by atoms with E-state index in [1.165, 1.54) is 11.1 Å². The summed E-state index contributed by atoms with van der Waals surface area (Å²) in [6.45, 7) is 4.54. The number of anilines is 1. The number of carbonyl (C=O) groups is 1. The number of rotatable bonds is 4. The molecule has 0 bridgehead atoms. The van der Waals surface area contributed by atoms with Crippen molar-refractivity contribution in [3.8, 4) is 17.1 Å². The summed E-state index contributed by atoms with van der Waals surface area (Å²) in [5.74, 6) is 1.38. The van der Waals surface area contributed by atoms with Crippen LogP contribution in [0.2, 0.25) is 5.02 Å². The van der Waals surface area contributed by atoms with E-state index in [-0.39, 0.29) is 11.8 Å². The van der Waals surface area contributed by atoms with Crippen LogP contribution in [0.25, 0.3) is 11.4 Å². The van der Waals surface area contributed by atoms with Gasteiger partial charge in [0.15, 0.2) is 0 Å². The van der Waals surface area contributed by atoms with Gasteiger partial charge in [-0.2, -0.15) is 4.98 Å². The molecule has 1 aliphatic rings. The fourth-order valence-corrected chi connectivity index (χ4v) is 3.55. The highest BCUT2D eigenvalue weighted by Crippen LogP contribution is 2.38. The Morgan fingerprint density at radius 2 is 2.00 bits per heavy atom. The molecule has 0 radical (unpaired) electrons. The number of halogens is 1. The van der Waals surface area contributed by atoms with Crippen molar-refractivity contribution in [1.82, 2.24) is 10.1 Å². The SMILES string of the molecule is COc1ccc(Cl)cc1N1CC(c2nc(-c3ccc(C)c(C)c3)no2)CC1=O. The van der Waals surface area contributed by atoms with E-state index in [9.17, 15) is 4.79 Å². The number of hydrogen-bond acceptors (Lipinski definition) is 5. The number of nitrogens with zero attached hydrogens (tertiary/aromatic N) is 3. The third kappa shape index (κ3) is 3.36. The average molecular weight is 398 g/mol. The Morgan fingerprint density at radius 1 is 1.18 bits per heavy atom. The molecular formula is C21H20ClN3O3. The van der Waals surface area contributed by atoms with Crippen molar-refractivity contribution in [3.63, 3.8) is 0 Å². The third-order valence-corrected chi connectivity index (χ3v) is 5.35. The summed E-state index contributed by atoms with van der Waals surface area (Å²) in [6.07, 6.45) is 0.296. The lowest BCUT2D eigenvalue weighted by molar-refractivity contribution is -0.117. The van der Waals surface area contributed by atoms with Crippen molar-refractivity contribution in [2.45, 2.75) is 26.2 Å². The van der Waals surface area contributed by atoms with Crippen LogP contribution >= 0.6 is 11.6 Å². The first-order chi connectivity index (χ1) is 13.5. The van der Waals surface area contributed by atoms with Gasteiger partial charge in [0.1, 0.15) is 5.75 Å². The molecule has 2 aromatic carbocycles. The molecule has 1 amide bonds. The Morgan fingerprint density at radius 3 is 2.75 bits per heavy atom. The quantitative estimate of drug-likeness (QED) is 0.646. The minimum Gasteiger partial charge on any atom is -0.495 e. The van der Waals surface area contributed by atoms with Crippen LogP contribution in [0.4, 0.5) is 5.69 Å². The van der Waals surface area contributed by atoms with E-state index < -0.39 is 0 Å². The summed E-state index contributed by atoms with van der Waals surface area (Å²) in [5.41, 5.74) is 3.92. The Kier molecular flexibility index (Phi) is 4.81. The predicted octanol–water partition coefficient (Wildman–Crippen LogP) is 4.54. The molecule has 0 spiro atoms. The highest BCUT2D eigenvalue weighted by molar-refractivity contribution is 6.31. The van der Waals surface area contributed by atoms with Crippen molar-refractivity contribution in [1.29, 1.82) is 0 Å². The maximum absolute atomic E-state index is 12.6. The van der Waals surface area contributed by atoms with E-state index in [0.29, 0.717) is 41.1 Å². The molecule has 6 nitrogen and oxygen atoms in total. The summed E-state index contributed by atoms with van der Waals surface area (Å²) in [5, 5.41) is 4.65. The summed E-state index contributed by atoms with van der Waals surface area (Å²) in [4.78, 5) is 18.8. The van der Waals surface area contributed by atoms with Crippen molar-refractivity contribution in [3.05, 3.63) is 58.4 Å². The van der Waals surface area contributed by atoms with Gasteiger partial charge in [0.05, 0.1) is 18.7 Å². The normalized spacial score (nSPS) is 16.6. The highest BCUT2D eigenvalue weighted by Gasteiger charge is 2.36. The summed E-state index contributed by atoms with van der Waals surface area (Å²) in [6, 6.07) is 11.3. The molecule has 1 aromatic heterocycles. The minimum absolute atomic E-state index is 0.0310. The van der Waals surface area contributed by atoms with E-state index in [1.54, 1.807) is 30.2 Å². The standard InChI is InChI=1S/C21H20ClN3O3/c1-12-4-5-14(8-13(12)2)20-23-21(28-24-20)15-9-19(26)25(11-15)17-10-16(22)6-7-18(17)27-3/h4-8,10,15H,9,11H2,1-3H3. The second-order valence-corrected chi connectivity index (χ2v) is 7.41. The second kappa shape index (κ2) is 7.28. The molecule has 144 valence electrons. The van der Waals surface area contributed by atoms with Crippen LogP contribution in [0.5, 0.6) is 5.75 Å². The zero-order valence-electron chi connectivity index (χ0n) is 15.9. The highest BCUT2D eigenvalue weighted by atomic mass is 35.5. The number of carbonyl (C=O) groups excluding carboxylic acids is 1. The van der Waals surface area contributed by atoms with Gasteiger partial charge in [0.2, 0.25) is 17.6 Å². The lowest BCUT2D eigenvalue weighted by Crippen LogP contribution is -2.24. The molecule has 2 heterocycles. The number of hydrogen-bond donors (Lipinski definition) is 0. The van der Waals surface area contributed by atoms with Crippen LogP contribution in [-0.4, -0.2) is 29.7 Å². The Hall–Kier alpha value is -2.86. The van der Waals surface area contributed by atoms with Crippen molar-refractivity contribution < 1.29 is 14.1 Å². The maximum atomic E-state index is 12.6. The third-order valence-electron chi connectivity index (χ3n) is 5.11. The van der Waals surface area contributed by atoms with Crippen LogP contribution < -0.4 is 9.64 Å². The van der Waals surface area contributed by atoms with Gasteiger partial charge in [0.25, 0.3) is 0 Å². The largest absolute Gasteiger partial charge is 0.495 e. The molecule has 1 aliphatic heterocycles. The Balaban J connectivity index is 1.59. The van der Waals surface area contributed by atoms with E-state index in [4.69, 9.17) is 20.9 Å². The number of aryl methyl sites for hydroxylation is 2. The first kappa shape index (κ1) is 18.5. The Bertz CT molecular complexity index is 1050. The lowest BCUT2D eigenvalue weighted by Gasteiger charge is -2.19. The average Bonchev–Trinajstić information content (AvgIpc) is 3.31. The molecule has 4 rings (SSSR count). The van der Waals surface area contributed by atoms with Crippen molar-refractivity contribution in [2.75, 3.05) is 18.6 Å². The van der Waals surface area contributed by atoms with E-state index in [0.717, 1.165) is 5.56 Å². The lowest BCUT2D eigenvalue weighted by atomic mass is 10.1.